The summed E-state index contributed by atoms with van der Waals surface area (Å²) in [6.07, 6.45) is 0. The summed E-state index contributed by atoms with van der Waals surface area (Å²) < 4.78 is 12.7. The molecule has 2 aliphatic rings. The Morgan fingerprint density at radius 2 is 1.22 bits per heavy atom. The van der Waals surface area contributed by atoms with Crippen molar-refractivity contribution in [2.45, 2.75) is 58.2 Å². The smallest absolute Gasteiger partial charge is 0.399 e. The lowest BCUT2D eigenvalue weighted by Gasteiger charge is -2.32. The first-order chi connectivity index (χ1) is 15.1. The molecule has 0 unspecified atom stereocenters. The lowest BCUT2D eigenvalue weighted by Crippen LogP contribution is -2.41. The Morgan fingerprint density at radius 3 is 1.97 bits per heavy atom. The molecule has 1 aliphatic heterocycles. The van der Waals surface area contributed by atoms with E-state index in [1.807, 2.05) is 0 Å². The monoisotopic (exact) mass is 420 g/mol. The van der Waals surface area contributed by atoms with Crippen LogP contribution in [0.15, 0.2) is 66.7 Å². The highest BCUT2D eigenvalue weighted by Gasteiger charge is 2.51. The zero-order valence-corrected chi connectivity index (χ0v) is 19.7. The van der Waals surface area contributed by atoms with Crippen molar-refractivity contribution in [1.82, 2.24) is 0 Å². The molecular weight excluding hydrogens is 391 g/mol. The first-order valence-corrected chi connectivity index (χ1v) is 11.5. The van der Waals surface area contributed by atoms with Crippen molar-refractivity contribution >= 4 is 34.1 Å². The summed E-state index contributed by atoms with van der Waals surface area (Å²) in [5, 5.41) is 5.06. The van der Waals surface area contributed by atoms with Gasteiger partial charge in [-0.2, -0.15) is 0 Å². The second-order valence-corrected chi connectivity index (χ2v) is 10.9. The van der Waals surface area contributed by atoms with Gasteiger partial charge in [0.25, 0.3) is 0 Å². The van der Waals surface area contributed by atoms with Crippen molar-refractivity contribution in [1.29, 1.82) is 0 Å². The quantitative estimate of drug-likeness (QED) is 0.255. The maximum Gasteiger partial charge on any atom is 0.494 e. The average Bonchev–Trinajstić information content (AvgIpc) is 3.12. The predicted octanol–water partition coefficient (Wildman–Crippen LogP) is 6.60. The molecule has 0 saturated carbocycles. The summed E-state index contributed by atoms with van der Waals surface area (Å²) >= 11 is 0. The molecule has 1 saturated heterocycles. The van der Waals surface area contributed by atoms with Crippen LogP contribution in [0.2, 0.25) is 0 Å². The van der Waals surface area contributed by atoms with E-state index in [0.29, 0.717) is 0 Å². The molecule has 3 heteroatoms. The third-order valence-corrected chi connectivity index (χ3v) is 8.09. The van der Waals surface area contributed by atoms with Crippen LogP contribution in [-0.2, 0) is 14.7 Å². The van der Waals surface area contributed by atoms with Crippen molar-refractivity contribution < 1.29 is 9.31 Å². The largest absolute Gasteiger partial charge is 0.494 e. The molecule has 2 nitrogen and oxygen atoms in total. The maximum atomic E-state index is 6.34. The van der Waals surface area contributed by atoms with E-state index in [0.717, 1.165) is 5.46 Å². The summed E-state index contributed by atoms with van der Waals surface area (Å²) in [6, 6.07) is 24.7. The molecule has 0 aromatic heterocycles. The van der Waals surface area contributed by atoms with E-state index in [2.05, 4.69) is 108 Å². The fourth-order valence-corrected chi connectivity index (χ4v) is 5.39. The summed E-state index contributed by atoms with van der Waals surface area (Å²) in [7, 11) is -0.352. The lowest BCUT2D eigenvalue weighted by molar-refractivity contribution is 0.00578. The zero-order chi connectivity index (χ0) is 22.5. The molecule has 1 heterocycles. The van der Waals surface area contributed by atoms with E-state index in [-0.39, 0.29) is 23.7 Å². The van der Waals surface area contributed by atoms with Crippen molar-refractivity contribution in [2.75, 3.05) is 0 Å². The molecule has 4 aromatic rings. The van der Waals surface area contributed by atoms with Crippen LogP contribution in [0.4, 0.5) is 0 Å². The van der Waals surface area contributed by atoms with Crippen LogP contribution >= 0.6 is 0 Å². The third-order valence-electron chi connectivity index (χ3n) is 8.09. The highest BCUT2D eigenvalue weighted by molar-refractivity contribution is 6.62. The van der Waals surface area contributed by atoms with Gasteiger partial charge in [-0.15, -0.1) is 0 Å². The minimum Gasteiger partial charge on any atom is -0.399 e. The highest BCUT2D eigenvalue weighted by Crippen LogP contribution is 2.50. The Kier molecular flexibility index (Phi) is 3.91. The van der Waals surface area contributed by atoms with Crippen LogP contribution in [-0.4, -0.2) is 18.3 Å². The van der Waals surface area contributed by atoms with Crippen LogP contribution in [0, 0.1) is 0 Å². The van der Waals surface area contributed by atoms with Crippen molar-refractivity contribution in [3.8, 4) is 11.1 Å². The van der Waals surface area contributed by atoms with Gasteiger partial charge in [-0.05, 0) is 89.1 Å². The van der Waals surface area contributed by atoms with Gasteiger partial charge in [0.15, 0.2) is 0 Å². The molecule has 0 atom stereocenters. The first-order valence-electron chi connectivity index (χ1n) is 11.5. The fourth-order valence-electron chi connectivity index (χ4n) is 5.39. The Morgan fingerprint density at radius 1 is 0.594 bits per heavy atom. The second kappa shape index (κ2) is 6.24. The van der Waals surface area contributed by atoms with Crippen LogP contribution in [0.3, 0.4) is 0 Å². The number of hydrogen-bond donors (Lipinski definition) is 0. The Hall–Kier alpha value is -2.62. The summed E-state index contributed by atoms with van der Waals surface area (Å²) in [6.45, 7) is 13.1. The molecule has 32 heavy (non-hydrogen) atoms. The summed E-state index contributed by atoms with van der Waals surface area (Å²) in [5.41, 5.74) is 5.91. The molecular formula is C29H29BO2. The molecule has 160 valence electrons. The summed E-state index contributed by atoms with van der Waals surface area (Å²) in [4.78, 5) is 0. The molecule has 4 aromatic carbocycles. The third kappa shape index (κ3) is 2.61. The molecule has 0 spiro atoms. The van der Waals surface area contributed by atoms with Crippen molar-refractivity contribution in [3.63, 3.8) is 0 Å². The van der Waals surface area contributed by atoms with Gasteiger partial charge in [0.1, 0.15) is 0 Å². The van der Waals surface area contributed by atoms with E-state index >= 15 is 0 Å². The molecule has 1 fully saturated rings. The molecule has 1 aliphatic carbocycles. The topological polar surface area (TPSA) is 18.5 Å². The molecule has 0 radical (unpaired) electrons. The fraction of sp³-hybridized carbons (Fsp3) is 0.310. The Labute approximate surface area is 190 Å². The van der Waals surface area contributed by atoms with Gasteiger partial charge < -0.3 is 9.31 Å². The van der Waals surface area contributed by atoms with E-state index in [4.69, 9.17) is 9.31 Å². The normalized spacial score (nSPS) is 20.0. The van der Waals surface area contributed by atoms with Crippen LogP contribution in [0.25, 0.3) is 32.7 Å². The molecule has 0 amide bonds. The maximum absolute atomic E-state index is 6.34. The lowest BCUT2D eigenvalue weighted by atomic mass is 9.77. The predicted molar refractivity (Wildman–Crippen MR) is 135 cm³/mol. The summed E-state index contributed by atoms with van der Waals surface area (Å²) in [5.74, 6) is 0. The Balaban J connectivity index is 1.55. The average molecular weight is 420 g/mol. The number of fused-ring (bicyclic) bond motifs is 6. The molecule has 0 bridgehead atoms. The number of rotatable bonds is 1. The second-order valence-electron chi connectivity index (χ2n) is 10.9. The van der Waals surface area contributed by atoms with Gasteiger partial charge in [-0.1, -0.05) is 68.4 Å². The van der Waals surface area contributed by atoms with E-state index in [1.54, 1.807) is 0 Å². The van der Waals surface area contributed by atoms with Crippen molar-refractivity contribution in [3.05, 3.63) is 77.9 Å². The Bertz CT molecular complexity index is 1400. The minimum atomic E-state index is -0.352. The van der Waals surface area contributed by atoms with E-state index < -0.39 is 0 Å². The van der Waals surface area contributed by atoms with Gasteiger partial charge in [-0.25, -0.2) is 0 Å². The van der Waals surface area contributed by atoms with Gasteiger partial charge in [-0.3, -0.25) is 0 Å². The van der Waals surface area contributed by atoms with Crippen LogP contribution in [0.5, 0.6) is 0 Å². The zero-order valence-electron chi connectivity index (χ0n) is 19.7. The minimum absolute atomic E-state index is 0.00832. The SMILES string of the molecule is CC1(C)c2ccccc2-c2cc3ccc4ccc(B5OC(C)(C)C(C)(C)O5)cc4c3cc21. The first kappa shape index (κ1) is 20.0. The van der Waals surface area contributed by atoms with Crippen molar-refractivity contribution in [2.24, 2.45) is 0 Å². The standard InChI is InChI=1S/C29H29BO2/c1-27(2)25-10-8-7-9-21(25)24-15-19-12-11-18-13-14-20(16-22(18)23(19)17-26(24)27)30-31-28(3,4)29(5,6)32-30/h7-17H,1-6H3. The van der Waals surface area contributed by atoms with Gasteiger partial charge in [0.2, 0.25) is 0 Å². The van der Waals surface area contributed by atoms with Gasteiger partial charge in [0.05, 0.1) is 11.2 Å². The van der Waals surface area contributed by atoms with Gasteiger partial charge in [0, 0.05) is 5.41 Å². The molecule has 0 N–H and O–H groups in total. The van der Waals surface area contributed by atoms with Crippen LogP contribution < -0.4 is 5.46 Å². The molecule has 6 rings (SSSR count). The van der Waals surface area contributed by atoms with E-state index in [1.165, 1.54) is 43.8 Å². The van der Waals surface area contributed by atoms with Crippen LogP contribution in [0.1, 0.15) is 52.7 Å². The highest BCUT2D eigenvalue weighted by atomic mass is 16.7. The number of benzene rings is 4. The number of hydrogen-bond acceptors (Lipinski definition) is 2. The van der Waals surface area contributed by atoms with E-state index in [9.17, 15) is 0 Å². The van der Waals surface area contributed by atoms with Gasteiger partial charge >= 0.3 is 7.12 Å².